The molecule has 106 valence electrons. The molecule has 0 bridgehead atoms. The largest absolute Gasteiger partial charge is 0.398 e. The molecule has 0 saturated carbocycles. The van der Waals surface area contributed by atoms with Crippen LogP contribution < -0.4 is 11.3 Å². The molecule has 8 nitrogen and oxygen atoms in total. The second-order valence-corrected chi connectivity index (χ2v) is 4.53. The highest BCUT2D eigenvalue weighted by Crippen LogP contribution is 2.20. The number of nitro benzene ring substituents is 1. The smallest absolute Gasteiger partial charge is 0.276 e. The SMILES string of the molecule is Nc1ccc([N+](=O)[O-])cc1Cn1ccn2nccc2c1=O. The summed E-state index contributed by atoms with van der Waals surface area (Å²) in [5.41, 5.74) is 6.89. The predicted molar refractivity (Wildman–Crippen MR) is 76.1 cm³/mol. The van der Waals surface area contributed by atoms with E-state index in [1.807, 2.05) is 0 Å². The van der Waals surface area contributed by atoms with Crippen LogP contribution in [0.1, 0.15) is 5.56 Å². The Bertz CT molecular complexity index is 896. The zero-order chi connectivity index (χ0) is 15.0. The normalized spacial score (nSPS) is 10.9. The van der Waals surface area contributed by atoms with Crippen molar-refractivity contribution in [3.8, 4) is 0 Å². The lowest BCUT2D eigenvalue weighted by atomic mass is 10.1. The monoisotopic (exact) mass is 285 g/mol. The molecule has 0 aliphatic carbocycles. The van der Waals surface area contributed by atoms with Crippen LogP contribution in [-0.2, 0) is 6.54 Å². The highest BCUT2D eigenvalue weighted by atomic mass is 16.6. The molecule has 3 aromatic rings. The van der Waals surface area contributed by atoms with Gasteiger partial charge in [-0.3, -0.25) is 14.9 Å². The number of rotatable bonds is 3. The first-order chi connectivity index (χ1) is 10.1. The van der Waals surface area contributed by atoms with Crippen molar-refractivity contribution in [1.82, 2.24) is 14.2 Å². The Hall–Kier alpha value is -3.16. The number of fused-ring (bicyclic) bond motifs is 1. The molecule has 2 N–H and O–H groups in total. The molecule has 0 saturated heterocycles. The van der Waals surface area contributed by atoms with Crippen LogP contribution in [-0.4, -0.2) is 19.1 Å². The maximum Gasteiger partial charge on any atom is 0.276 e. The lowest BCUT2D eigenvalue weighted by Crippen LogP contribution is -2.22. The minimum absolute atomic E-state index is 0.0577. The number of nitrogen functional groups attached to an aromatic ring is 1. The number of nitrogens with two attached hydrogens (primary N) is 1. The fourth-order valence-corrected chi connectivity index (χ4v) is 2.11. The van der Waals surface area contributed by atoms with Gasteiger partial charge in [-0.2, -0.15) is 5.10 Å². The van der Waals surface area contributed by atoms with Crippen molar-refractivity contribution in [2.24, 2.45) is 0 Å². The quantitative estimate of drug-likeness (QED) is 0.439. The third-order valence-electron chi connectivity index (χ3n) is 3.22. The van der Waals surface area contributed by atoms with E-state index in [4.69, 9.17) is 5.73 Å². The van der Waals surface area contributed by atoms with E-state index in [9.17, 15) is 14.9 Å². The summed E-state index contributed by atoms with van der Waals surface area (Å²) in [4.78, 5) is 22.6. The van der Waals surface area contributed by atoms with E-state index in [0.29, 0.717) is 16.8 Å². The summed E-state index contributed by atoms with van der Waals surface area (Å²) in [6.45, 7) is 0.161. The number of nitro groups is 1. The Morgan fingerprint density at radius 3 is 2.86 bits per heavy atom. The molecule has 0 spiro atoms. The maximum atomic E-state index is 12.3. The molecule has 0 aliphatic heterocycles. The van der Waals surface area contributed by atoms with E-state index < -0.39 is 4.92 Å². The number of hydrogen-bond acceptors (Lipinski definition) is 5. The van der Waals surface area contributed by atoms with Gasteiger partial charge in [-0.05, 0) is 12.1 Å². The molecule has 0 aliphatic rings. The van der Waals surface area contributed by atoms with Gasteiger partial charge < -0.3 is 10.3 Å². The van der Waals surface area contributed by atoms with Gasteiger partial charge in [0.2, 0.25) is 0 Å². The Kier molecular flexibility index (Phi) is 2.90. The zero-order valence-corrected chi connectivity index (χ0v) is 10.8. The van der Waals surface area contributed by atoms with Crippen molar-refractivity contribution in [3.63, 3.8) is 0 Å². The van der Waals surface area contributed by atoms with E-state index in [-0.39, 0.29) is 17.8 Å². The summed E-state index contributed by atoms with van der Waals surface area (Å²) < 4.78 is 2.90. The zero-order valence-electron chi connectivity index (χ0n) is 10.8. The summed E-state index contributed by atoms with van der Waals surface area (Å²) in [5.74, 6) is 0. The van der Waals surface area contributed by atoms with Crippen molar-refractivity contribution in [1.29, 1.82) is 0 Å². The van der Waals surface area contributed by atoms with Gasteiger partial charge in [0.05, 0.1) is 17.7 Å². The summed E-state index contributed by atoms with van der Waals surface area (Å²) in [6, 6.07) is 5.79. The van der Waals surface area contributed by atoms with E-state index >= 15 is 0 Å². The molecule has 8 heteroatoms. The van der Waals surface area contributed by atoms with E-state index in [0.717, 1.165) is 0 Å². The molecule has 3 rings (SSSR count). The molecule has 2 aromatic heterocycles. The van der Waals surface area contributed by atoms with E-state index in [1.54, 1.807) is 18.5 Å². The number of non-ortho nitro benzene ring substituents is 1. The van der Waals surface area contributed by atoms with Crippen molar-refractivity contribution >= 4 is 16.9 Å². The fraction of sp³-hybridized carbons (Fsp3) is 0.0769. The Morgan fingerprint density at radius 2 is 2.10 bits per heavy atom. The van der Waals surface area contributed by atoms with Gasteiger partial charge in [0.1, 0.15) is 5.52 Å². The van der Waals surface area contributed by atoms with Gasteiger partial charge in [-0.1, -0.05) is 0 Å². The third-order valence-corrected chi connectivity index (χ3v) is 3.22. The van der Waals surface area contributed by atoms with E-state index in [1.165, 1.54) is 33.5 Å². The summed E-state index contributed by atoms with van der Waals surface area (Å²) in [7, 11) is 0. The number of nitrogens with zero attached hydrogens (tertiary/aromatic N) is 4. The molecule has 0 amide bonds. The number of anilines is 1. The van der Waals surface area contributed by atoms with Crippen LogP contribution in [0.4, 0.5) is 11.4 Å². The first-order valence-electron chi connectivity index (χ1n) is 6.12. The Balaban J connectivity index is 2.06. The highest BCUT2D eigenvalue weighted by molar-refractivity contribution is 5.53. The molecule has 21 heavy (non-hydrogen) atoms. The van der Waals surface area contributed by atoms with E-state index in [2.05, 4.69) is 5.10 Å². The topological polar surface area (TPSA) is 108 Å². The lowest BCUT2D eigenvalue weighted by molar-refractivity contribution is -0.384. The molecular weight excluding hydrogens is 274 g/mol. The van der Waals surface area contributed by atoms with Crippen LogP contribution in [0.25, 0.3) is 5.52 Å². The second kappa shape index (κ2) is 4.75. The van der Waals surface area contributed by atoms with Crippen LogP contribution in [0.15, 0.2) is 47.7 Å². The van der Waals surface area contributed by atoms with Crippen molar-refractivity contribution < 1.29 is 4.92 Å². The third kappa shape index (κ3) is 2.22. The number of aromatic nitrogens is 3. The predicted octanol–water partition coefficient (Wildman–Crippen LogP) is 1.03. The molecule has 0 radical (unpaired) electrons. The average Bonchev–Trinajstić information content (AvgIpc) is 2.93. The first-order valence-corrected chi connectivity index (χ1v) is 6.12. The maximum absolute atomic E-state index is 12.3. The molecule has 0 unspecified atom stereocenters. The molecule has 1 aromatic carbocycles. The summed E-state index contributed by atoms with van der Waals surface area (Å²) in [6.07, 6.45) is 4.74. The molecule has 2 heterocycles. The van der Waals surface area contributed by atoms with Gasteiger partial charge in [-0.15, -0.1) is 0 Å². The van der Waals surface area contributed by atoms with Crippen molar-refractivity contribution in [2.45, 2.75) is 6.54 Å². The Labute approximate surface area is 118 Å². The molecule has 0 fully saturated rings. The first kappa shape index (κ1) is 12.9. The van der Waals surface area contributed by atoms with Gasteiger partial charge in [-0.25, -0.2) is 4.52 Å². The van der Waals surface area contributed by atoms with Crippen molar-refractivity contribution in [3.05, 3.63) is 68.9 Å². The Morgan fingerprint density at radius 1 is 1.29 bits per heavy atom. The summed E-state index contributed by atoms with van der Waals surface area (Å²) >= 11 is 0. The number of hydrogen-bond donors (Lipinski definition) is 1. The van der Waals surface area contributed by atoms with Crippen LogP contribution in [0.2, 0.25) is 0 Å². The minimum atomic E-state index is -0.494. The van der Waals surface area contributed by atoms with Crippen LogP contribution >= 0.6 is 0 Å². The molecule has 0 atom stereocenters. The lowest BCUT2D eigenvalue weighted by Gasteiger charge is -2.08. The summed E-state index contributed by atoms with van der Waals surface area (Å²) in [5, 5.41) is 14.8. The van der Waals surface area contributed by atoms with Gasteiger partial charge >= 0.3 is 0 Å². The second-order valence-electron chi connectivity index (χ2n) is 4.53. The van der Waals surface area contributed by atoms with Gasteiger partial charge in [0, 0.05) is 35.8 Å². The van der Waals surface area contributed by atoms with Gasteiger partial charge in [0.25, 0.3) is 11.2 Å². The van der Waals surface area contributed by atoms with Gasteiger partial charge in [0.15, 0.2) is 0 Å². The highest BCUT2D eigenvalue weighted by Gasteiger charge is 2.11. The fourth-order valence-electron chi connectivity index (χ4n) is 2.11. The van der Waals surface area contributed by atoms with Crippen molar-refractivity contribution in [2.75, 3.05) is 5.73 Å². The number of benzene rings is 1. The van der Waals surface area contributed by atoms with Crippen LogP contribution in [0.5, 0.6) is 0 Å². The standard InChI is InChI=1S/C13H11N5O3/c14-11-2-1-10(18(20)21)7-9(11)8-16-5-6-17-12(13(16)19)3-4-15-17/h1-7H,8,14H2. The molecular formula is C13H11N5O3. The minimum Gasteiger partial charge on any atom is -0.398 e. The van der Waals surface area contributed by atoms with Crippen LogP contribution in [0.3, 0.4) is 0 Å². The van der Waals surface area contributed by atoms with Crippen LogP contribution in [0, 0.1) is 10.1 Å². The average molecular weight is 285 g/mol.